The Morgan fingerprint density at radius 1 is 1.07 bits per heavy atom. The van der Waals surface area contributed by atoms with Crippen LogP contribution in [0, 0.1) is 5.92 Å². The summed E-state index contributed by atoms with van der Waals surface area (Å²) in [5.74, 6) is 1.35. The molecule has 1 fully saturated rings. The molecule has 2 aliphatic heterocycles. The average molecular weight is 364 g/mol. The number of amides is 1. The Labute approximate surface area is 161 Å². The molecule has 0 radical (unpaired) electrons. The lowest BCUT2D eigenvalue weighted by Gasteiger charge is -2.36. The topological polar surface area (TPSA) is 32.8 Å². The highest BCUT2D eigenvalue weighted by atomic mass is 16.5. The molecule has 0 aromatic heterocycles. The lowest BCUT2D eigenvalue weighted by Crippen LogP contribution is -2.46. The minimum atomic E-state index is 0.127. The smallest absolute Gasteiger partial charge is 0.227 e. The summed E-state index contributed by atoms with van der Waals surface area (Å²) in [6, 6.07) is 16.8. The van der Waals surface area contributed by atoms with Gasteiger partial charge in [-0.1, -0.05) is 36.4 Å². The van der Waals surface area contributed by atoms with Gasteiger partial charge in [-0.05, 0) is 54.6 Å². The molecule has 2 aromatic rings. The first-order chi connectivity index (χ1) is 13.2. The van der Waals surface area contributed by atoms with Crippen LogP contribution in [0.25, 0.3) is 0 Å². The fraction of sp³-hybridized carbons (Fsp3) is 0.435. The minimum Gasteiger partial charge on any atom is -0.497 e. The fourth-order valence-electron chi connectivity index (χ4n) is 4.33. The predicted octanol–water partition coefficient (Wildman–Crippen LogP) is 3.49. The quantitative estimate of drug-likeness (QED) is 0.833. The molecule has 1 saturated heterocycles. The molecule has 2 heterocycles. The summed E-state index contributed by atoms with van der Waals surface area (Å²) in [4.78, 5) is 17.6. The van der Waals surface area contributed by atoms with Gasteiger partial charge in [-0.25, -0.2) is 0 Å². The van der Waals surface area contributed by atoms with Crippen LogP contribution >= 0.6 is 0 Å². The number of carbonyl (C=O) groups is 1. The highest BCUT2D eigenvalue weighted by Crippen LogP contribution is 2.25. The van der Waals surface area contributed by atoms with E-state index >= 15 is 0 Å². The average Bonchev–Trinajstić information content (AvgIpc) is 2.73. The SMILES string of the molecule is COc1ccc(CN2CCCC(C(=O)N3CCc4ccccc4C3)C2)cc1. The van der Waals surface area contributed by atoms with Crippen LogP contribution in [0.4, 0.5) is 0 Å². The van der Waals surface area contributed by atoms with E-state index in [0.717, 1.165) is 57.7 Å². The van der Waals surface area contributed by atoms with Crippen LogP contribution in [0.5, 0.6) is 5.75 Å². The zero-order chi connectivity index (χ0) is 18.6. The van der Waals surface area contributed by atoms with E-state index in [0.29, 0.717) is 5.91 Å². The van der Waals surface area contributed by atoms with Crippen LogP contribution in [-0.4, -0.2) is 42.5 Å². The number of hydrogen-bond donors (Lipinski definition) is 0. The maximum atomic E-state index is 13.1. The van der Waals surface area contributed by atoms with Crippen molar-refractivity contribution in [1.29, 1.82) is 0 Å². The third-order valence-corrected chi connectivity index (χ3v) is 5.86. The first kappa shape index (κ1) is 18.1. The molecule has 1 atom stereocenters. The van der Waals surface area contributed by atoms with Crippen LogP contribution in [0.15, 0.2) is 48.5 Å². The molecule has 4 rings (SSSR count). The van der Waals surface area contributed by atoms with Gasteiger partial charge in [0, 0.05) is 26.2 Å². The number of methoxy groups -OCH3 is 1. The van der Waals surface area contributed by atoms with Crippen molar-refractivity contribution in [3.8, 4) is 5.75 Å². The molecule has 0 bridgehead atoms. The second kappa shape index (κ2) is 8.13. The van der Waals surface area contributed by atoms with E-state index in [1.807, 2.05) is 12.1 Å². The molecule has 142 valence electrons. The summed E-state index contributed by atoms with van der Waals surface area (Å²) in [7, 11) is 1.69. The van der Waals surface area contributed by atoms with E-state index < -0.39 is 0 Å². The number of nitrogens with zero attached hydrogens (tertiary/aromatic N) is 2. The van der Waals surface area contributed by atoms with Gasteiger partial charge in [-0.2, -0.15) is 0 Å². The Morgan fingerprint density at radius 2 is 1.85 bits per heavy atom. The number of piperidine rings is 1. The number of carbonyl (C=O) groups excluding carboxylic acids is 1. The van der Waals surface area contributed by atoms with Gasteiger partial charge in [-0.15, -0.1) is 0 Å². The van der Waals surface area contributed by atoms with Crippen molar-refractivity contribution in [1.82, 2.24) is 9.80 Å². The van der Waals surface area contributed by atoms with E-state index in [2.05, 4.69) is 46.2 Å². The molecule has 1 amide bonds. The van der Waals surface area contributed by atoms with Gasteiger partial charge in [0.2, 0.25) is 5.91 Å². The van der Waals surface area contributed by atoms with Crippen molar-refractivity contribution in [2.24, 2.45) is 5.92 Å². The summed E-state index contributed by atoms with van der Waals surface area (Å²) in [5, 5.41) is 0. The third-order valence-electron chi connectivity index (χ3n) is 5.86. The fourth-order valence-corrected chi connectivity index (χ4v) is 4.33. The Hall–Kier alpha value is -2.33. The lowest BCUT2D eigenvalue weighted by molar-refractivity contribution is -0.138. The molecule has 27 heavy (non-hydrogen) atoms. The maximum absolute atomic E-state index is 13.1. The summed E-state index contributed by atoms with van der Waals surface area (Å²) < 4.78 is 5.24. The van der Waals surface area contributed by atoms with Gasteiger partial charge >= 0.3 is 0 Å². The van der Waals surface area contributed by atoms with Crippen LogP contribution in [0.1, 0.15) is 29.5 Å². The van der Waals surface area contributed by atoms with E-state index in [1.165, 1.54) is 16.7 Å². The summed E-state index contributed by atoms with van der Waals surface area (Å²) in [6.45, 7) is 4.45. The van der Waals surface area contributed by atoms with E-state index in [9.17, 15) is 4.79 Å². The normalized spacial score (nSPS) is 20.2. The van der Waals surface area contributed by atoms with Crippen LogP contribution in [0.3, 0.4) is 0 Å². The zero-order valence-corrected chi connectivity index (χ0v) is 16.1. The van der Waals surface area contributed by atoms with Crippen molar-refractivity contribution >= 4 is 5.91 Å². The van der Waals surface area contributed by atoms with Crippen molar-refractivity contribution in [2.45, 2.75) is 32.4 Å². The summed E-state index contributed by atoms with van der Waals surface area (Å²) in [6.07, 6.45) is 3.08. The maximum Gasteiger partial charge on any atom is 0.227 e. The van der Waals surface area contributed by atoms with Gasteiger partial charge in [0.25, 0.3) is 0 Å². The molecule has 4 heteroatoms. The largest absolute Gasteiger partial charge is 0.497 e. The molecular formula is C23H28N2O2. The molecular weight excluding hydrogens is 336 g/mol. The molecule has 0 saturated carbocycles. The van der Waals surface area contributed by atoms with E-state index in [1.54, 1.807) is 7.11 Å². The highest BCUT2D eigenvalue weighted by molar-refractivity contribution is 5.79. The minimum absolute atomic E-state index is 0.127. The molecule has 2 aromatic carbocycles. The van der Waals surface area contributed by atoms with Crippen molar-refractivity contribution in [2.75, 3.05) is 26.7 Å². The second-order valence-corrected chi connectivity index (χ2v) is 7.70. The molecule has 2 aliphatic rings. The first-order valence-electron chi connectivity index (χ1n) is 9.94. The van der Waals surface area contributed by atoms with E-state index in [-0.39, 0.29) is 5.92 Å². The van der Waals surface area contributed by atoms with Gasteiger partial charge in [0.05, 0.1) is 13.0 Å². The van der Waals surface area contributed by atoms with Gasteiger partial charge in [0.15, 0.2) is 0 Å². The lowest BCUT2D eigenvalue weighted by atomic mass is 9.93. The number of benzene rings is 2. The third kappa shape index (κ3) is 4.16. The molecule has 1 unspecified atom stereocenters. The monoisotopic (exact) mass is 364 g/mol. The summed E-state index contributed by atoms with van der Waals surface area (Å²) in [5.41, 5.74) is 3.98. The van der Waals surface area contributed by atoms with Crippen LogP contribution in [-0.2, 0) is 24.3 Å². The Balaban J connectivity index is 1.37. The molecule has 0 spiro atoms. The molecule has 0 aliphatic carbocycles. The Bertz CT molecular complexity index is 787. The highest BCUT2D eigenvalue weighted by Gasteiger charge is 2.30. The zero-order valence-electron chi connectivity index (χ0n) is 16.1. The number of ether oxygens (including phenoxy) is 1. The van der Waals surface area contributed by atoms with Crippen LogP contribution < -0.4 is 4.74 Å². The number of fused-ring (bicyclic) bond motifs is 1. The first-order valence-corrected chi connectivity index (χ1v) is 9.94. The van der Waals surface area contributed by atoms with Crippen molar-refractivity contribution in [3.05, 3.63) is 65.2 Å². The van der Waals surface area contributed by atoms with E-state index in [4.69, 9.17) is 4.74 Å². The van der Waals surface area contributed by atoms with Crippen molar-refractivity contribution < 1.29 is 9.53 Å². The van der Waals surface area contributed by atoms with Crippen molar-refractivity contribution in [3.63, 3.8) is 0 Å². The number of rotatable bonds is 4. The molecule has 0 N–H and O–H groups in total. The number of hydrogen-bond acceptors (Lipinski definition) is 3. The van der Waals surface area contributed by atoms with Gasteiger partial charge in [0.1, 0.15) is 5.75 Å². The van der Waals surface area contributed by atoms with Gasteiger partial charge in [-0.3, -0.25) is 9.69 Å². The summed E-state index contributed by atoms with van der Waals surface area (Å²) >= 11 is 0. The predicted molar refractivity (Wildman–Crippen MR) is 107 cm³/mol. The number of likely N-dealkylation sites (tertiary alicyclic amines) is 1. The molecule has 4 nitrogen and oxygen atoms in total. The standard InChI is InChI=1S/C23H28N2O2/c1-27-22-10-8-18(9-11-22)15-24-13-4-7-21(16-24)23(26)25-14-12-19-5-2-3-6-20(19)17-25/h2-3,5-6,8-11,21H,4,7,12-17H2,1H3. The van der Waals surface area contributed by atoms with Crippen LogP contribution in [0.2, 0.25) is 0 Å². The Kier molecular flexibility index (Phi) is 5.44. The van der Waals surface area contributed by atoms with Gasteiger partial charge < -0.3 is 9.64 Å². The second-order valence-electron chi connectivity index (χ2n) is 7.70. The Morgan fingerprint density at radius 3 is 2.63 bits per heavy atom.